The molecule has 1 fully saturated rings. The zero-order valence-corrected chi connectivity index (χ0v) is 14.8. The minimum absolute atomic E-state index is 0.0317. The van der Waals surface area contributed by atoms with Gasteiger partial charge in [-0.15, -0.1) is 0 Å². The van der Waals surface area contributed by atoms with E-state index in [1.807, 2.05) is 24.3 Å². The second-order valence-corrected chi connectivity index (χ2v) is 7.45. The van der Waals surface area contributed by atoms with Crippen molar-refractivity contribution in [2.75, 3.05) is 6.54 Å². The van der Waals surface area contributed by atoms with Gasteiger partial charge in [0.1, 0.15) is 0 Å². The monoisotopic (exact) mass is 352 g/mol. The molecular weight excluding hydrogens is 328 g/mol. The van der Waals surface area contributed by atoms with Crippen LogP contribution in [-0.2, 0) is 20.8 Å². The number of rotatable bonds is 4. The average Bonchev–Trinajstić information content (AvgIpc) is 2.91. The van der Waals surface area contributed by atoms with Crippen molar-refractivity contribution in [1.82, 2.24) is 10.2 Å². The Kier molecular flexibility index (Phi) is 4.62. The third-order valence-electron chi connectivity index (χ3n) is 5.87. The molecule has 4 rings (SSSR count). The summed E-state index contributed by atoms with van der Waals surface area (Å²) >= 11 is 0. The molecule has 3 amide bonds. The van der Waals surface area contributed by atoms with Crippen LogP contribution in [0.5, 0.6) is 0 Å². The van der Waals surface area contributed by atoms with Crippen LogP contribution in [0.1, 0.15) is 49.3 Å². The van der Waals surface area contributed by atoms with E-state index in [9.17, 15) is 14.4 Å². The van der Waals surface area contributed by atoms with Crippen LogP contribution < -0.4 is 5.32 Å². The molecule has 0 aromatic heterocycles. The Bertz CT molecular complexity index is 744. The molecule has 5 nitrogen and oxygen atoms in total. The number of hydrogen-bond donors (Lipinski definition) is 1. The standard InChI is InChI=1S/C21H24N2O3/c24-19(22-18-11-5-7-14-6-1-2-8-15(14)18)12-13-23-20(25)16-9-3-4-10-17(16)21(23)26/h1-4,6,8,16-18H,5,7,9-13H2,(H,22,24)/t16-,17-,18-/m0/s1. The number of likely N-dealkylation sites (tertiary alicyclic amines) is 1. The highest BCUT2D eigenvalue weighted by Crippen LogP contribution is 2.35. The first kappa shape index (κ1) is 17.0. The number of carbonyl (C=O) groups is 3. The smallest absolute Gasteiger partial charge is 0.233 e. The van der Waals surface area contributed by atoms with Crippen LogP contribution in [0.2, 0.25) is 0 Å². The molecule has 2 aliphatic carbocycles. The van der Waals surface area contributed by atoms with E-state index in [1.54, 1.807) is 0 Å². The number of hydrogen-bond acceptors (Lipinski definition) is 3. The summed E-state index contributed by atoms with van der Waals surface area (Å²) in [5.41, 5.74) is 2.49. The van der Waals surface area contributed by atoms with E-state index in [0.29, 0.717) is 12.8 Å². The molecule has 3 aliphatic rings. The molecule has 1 aliphatic heterocycles. The highest BCUT2D eigenvalue weighted by Gasteiger charge is 2.46. The van der Waals surface area contributed by atoms with Gasteiger partial charge in [-0.05, 0) is 43.2 Å². The van der Waals surface area contributed by atoms with Gasteiger partial charge in [0.15, 0.2) is 0 Å². The van der Waals surface area contributed by atoms with Crippen molar-refractivity contribution >= 4 is 17.7 Å². The van der Waals surface area contributed by atoms with Gasteiger partial charge in [-0.2, -0.15) is 0 Å². The minimum atomic E-state index is -0.221. The zero-order valence-electron chi connectivity index (χ0n) is 14.8. The Hall–Kier alpha value is -2.43. The van der Waals surface area contributed by atoms with E-state index >= 15 is 0 Å². The number of nitrogens with zero attached hydrogens (tertiary/aromatic N) is 1. The summed E-state index contributed by atoms with van der Waals surface area (Å²) in [4.78, 5) is 38.6. The molecule has 1 aromatic rings. The normalized spacial score (nSPS) is 27.2. The van der Waals surface area contributed by atoms with Gasteiger partial charge >= 0.3 is 0 Å². The Morgan fingerprint density at radius 1 is 1.08 bits per heavy atom. The van der Waals surface area contributed by atoms with Crippen LogP contribution in [0.15, 0.2) is 36.4 Å². The largest absolute Gasteiger partial charge is 0.349 e. The van der Waals surface area contributed by atoms with Gasteiger partial charge in [-0.25, -0.2) is 0 Å². The predicted molar refractivity (Wildman–Crippen MR) is 97.0 cm³/mol. The number of aryl methyl sites for hydroxylation is 1. The maximum absolute atomic E-state index is 12.5. The van der Waals surface area contributed by atoms with Crippen molar-refractivity contribution in [2.24, 2.45) is 11.8 Å². The fourth-order valence-electron chi connectivity index (χ4n) is 4.47. The summed E-state index contributed by atoms with van der Waals surface area (Å²) < 4.78 is 0. The molecule has 0 radical (unpaired) electrons. The van der Waals surface area contributed by atoms with Crippen molar-refractivity contribution in [1.29, 1.82) is 0 Å². The van der Waals surface area contributed by atoms with Gasteiger partial charge < -0.3 is 5.32 Å². The second-order valence-electron chi connectivity index (χ2n) is 7.45. The van der Waals surface area contributed by atoms with E-state index in [1.165, 1.54) is 16.0 Å². The summed E-state index contributed by atoms with van der Waals surface area (Å²) in [7, 11) is 0. The molecule has 5 heteroatoms. The van der Waals surface area contributed by atoms with Gasteiger partial charge in [-0.1, -0.05) is 36.4 Å². The van der Waals surface area contributed by atoms with E-state index in [0.717, 1.165) is 19.3 Å². The average molecular weight is 352 g/mol. The molecule has 1 heterocycles. The summed E-state index contributed by atoms with van der Waals surface area (Å²) in [5.74, 6) is -0.762. The molecule has 3 atom stereocenters. The Balaban J connectivity index is 1.35. The number of nitrogens with one attached hydrogen (secondary N) is 1. The van der Waals surface area contributed by atoms with Crippen molar-refractivity contribution in [2.45, 2.75) is 44.6 Å². The number of amides is 3. The predicted octanol–water partition coefficient (Wildman–Crippen LogP) is 2.52. The molecule has 0 spiro atoms. The van der Waals surface area contributed by atoms with Crippen molar-refractivity contribution < 1.29 is 14.4 Å². The lowest BCUT2D eigenvalue weighted by Crippen LogP contribution is -2.37. The number of fused-ring (bicyclic) bond motifs is 2. The van der Waals surface area contributed by atoms with E-state index < -0.39 is 0 Å². The molecule has 1 saturated heterocycles. The third-order valence-corrected chi connectivity index (χ3v) is 5.87. The lowest BCUT2D eigenvalue weighted by Gasteiger charge is -2.26. The van der Waals surface area contributed by atoms with Crippen molar-refractivity contribution in [3.8, 4) is 0 Å². The SMILES string of the molecule is O=C(CCN1C(=O)[C@H]2CC=CC[C@@H]2C1=O)N[C@H]1CCCc2ccccc21. The lowest BCUT2D eigenvalue weighted by atomic mass is 9.85. The number of allylic oxidation sites excluding steroid dienone is 2. The third kappa shape index (κ3) is 3.06. The van der Waals surface area contributed by atoms with Crippen LogP contribution in [-0.4, -0.2) is 29.2 Å². The van der Waals surface area contributed by atoms with Gasteiger partial charge in [0, 0.05) is 13.0 Å². The first-order chi connectivity index (χ1) is 12.6. The molecule has 0 unspecified atom stereocenters. The van der Waals surface area contributed by atoms with Crippen LogP contribution in [0.3, 0.4) is 0 Å². The first-order valence-corrected chi connectivity index (χ1v) is 9.52. The molecule has 136 valence electrons. The van der Waals surface area contributed by atoms with Crippen LogP contribution in [0.4, 0.5) is 0 Å². The maximum atomic E-state index is 12.5. The van der Waals surface area contributed by atoms with Crippen molar-refractivity contribution in [3.63, 3.8) is 0 Å². The van der Waals surface area contributed by atoms with Gasteiger partial charge in [0.05, 0.1) is 17.9 Å². The van der Waals surface area contributed by atoms with Gasteiger partial charge in [0.25, 0.3) is 0 Å². The zero-order chi connectivity index (χ0) is 18.1. The van der Waals surface area contributed by atoms with Crippen molar-refractivity contribution in [3.05, 3.63) is 47.5 Å². The fraction of sp³-hybridized carbons (Fsp3) is 0.476. The van der Waals surface area contributed by atoms with E-state index in [4.69, 9.17) is 0 Å². The molecule has 0 saturated carbocycles. The second kappa shape index (κ2) is 7.06. The van der Waals surface area contributed by atoms with Crippen LogP contribution in [0.25, 0.3) is 0 Å². The van der Waals surface area contributed by atoms with Gasteiger partial charge in [0.2, 0.25) is 17.7 Å². The topological polar surface area (TPSA) is 66.5 Å². The Morgan fingerprint density at radius 2 is 1.77 bits per heavy atom. The summed E-state index contributed by atoms with van der Waals surface area (Å²) in [5, 5.41) is 3.09. The molecular formula is C21H24N2O3. The number of benzene rings is 1. The first-order valence-electron chi connectivity index (χ1n) is 9.52. The number of imide groups is 1. The Labute approximate surface area is 153 Å². The highest BCUT2D eigenvalue weighted by atomic mass is 16.2. The van der Waals surface area contributed by atoms with E-state index in [2.05, 4.69) is 17.4 Å². The molecule has 1 aromatic carbocycles. The minimum Gasteiger partial charge on any atom is -0.349 e. The van der Waals surface area contributed by atoms with Crippen LogP contribution >= 0.6 is 0 Å². The van der Waals surface area contributed by atoms with Crippen LogP contribution in [0, 0.1) is 11.8 Å². The number of carbonyl (C=O) groups excluding carboxylic acids is 3. The molecule has 1 N–H and O–H groups in total. The highest BCUT2D eigenvalue weighted by molar-refractivity contribution is 6.05. The summed E-state index contributed by atoms with van der Waals surface area (Å²) in [6.45, 7) is 0.185. The molecule has 0 bridgehead atoms. The Morgan fingerprint density at radius 3 is 2.50 bits per heavy atom. The quantitative estimate of drug-likeness (QED) is 0.669. The summed E-state index contributed by atoms with van der Waals surface area (Å²) in [6.07, 6.45) is 8.43. The van der Waals surface area contributed by atoms with Gasteiger partial charge in [-0.3, -0.25) is 19.3 Å². The summed E-state index contributed by atoms with van der Waals surface area (Å²) in [6, 6.07) is 8.25. The fourth-order valence-corrected chi connectivity index (χ4v) is 4.47. The molecule has 26 heavy (non-hydrogen) atoms. The maximum Gasteiger partial charge on any atom is 0.233 e. The van der Waals surface area contributed by atoms with E-state index in [-0.39, 0.29) is 48.6 Å². The lowest BCUT2D eigenvalue weighted by molar-refractivity contribution is -0.140.